The Kier molecular flexibility index (Phi) is 4.76. The number of hydrogen-bond acceptors (Lipinski definition) is 5. The summed E-state index contributed by atoms with van der Waals surface area (Å²) in [7, 11) is 3.27. The van der Waals surface area contributed by atoms with Gasteiger partial charge in [0.25, 0.3) is 0 Å². The highest BCUT2D eigenvalue weighted by atomic mass is 32.2. The van der Waals surface area contributed by atoms with Gasteiger partial charge in [-0.25, -0.2) is 4.98 Å². The van der Waals surface area contributed by atoms with Crippen molar-refractivity contribution in [2.24, 2.45) is 0 Å². The first-order valence-electron chi connectivity index (χ1n) is 7.33. The summed E-state index contributed by atoms with van der Waals surface area (Å²) in [5.74, 6) is 2.08. The van der Waals surface area contributed by atoms with Gasteiger partial charge in [-0.1, -0.05) is 6.07 Å². The molecule has 0 aliphatic carbocycles. The van der Waals surface area contributed by atoms with Crippen LogP contribution in [0.1, 0.15) is 16.6 Å². The van der Waals surface area contributed by atoms with Gasteiger partial charge in [0.15, 0.2) is 0 Å². The van der Waals surface area contributed by atoms with Crippen LogP contribution in [-0.2, 0) is 11.2 Å². The average molecular weight is 333 g/mol. The normalized spacial score (nSPS) is 17.6. The van der Waals surface area contributed by atoms with E-state index in [4.69, 9.17) is 9.47 Å². The lowest BCUT2D eigenvalue weighted by Crippen LogP contribution is -2.30. The van der Waals surface area contributed by atoms with Crippen LogP contribution in [-0.4, -0.2) is 47.3 Å². The van der Waals surface area contributed by atoms with Gasteiger partial charge in [0.2, 0.25) is 5.91 Å². The predicted octanol–water partition coefficient (Wildman–Crippen LogP) is 2.24. The molecule has 1 N–H and O–H groups in total. The molecule has 23 heavy (non-hydrogen) atoms. The molecule has 0 saturated carbocycles. The van der Waals surface area contributed by atoms with Crippen LogP contribution in [0.3, 0.4) is 0 Å². The molecule has 1 saturated heterocycles. The van der Waals surface area contributed by atoms with E-state index in [1.165, 1.54) is 0 Å². The van der Waals surface area contributed by atoms with E-state index in [-0.39, 0.29) is 11.3 Å². The molecule has 7 heteroatoms. The summed E-state index contributed by atoms with van der Waals surface area (Å²) in [5.41, 5.74) is 1.93. The van der Waals surface area contributed by atoms with E-state index >= 15 is 0 Å². The van der Waals surface area contributed by atoms with E-state index in [1.54, 1.807) is 38.5 Å². The van der Waals surface area contributed by atoms with Crippen LogP contribution in [0.5, 0.6) is 11.5 Å². The number of methoxy groups -OCH3 is 2. The van der Waals surface area contributed by atoms with Crippen molar-refractivity contribution in [1.29, 1.82) is 0 Å². The third-order valence-corrected chi connectivity index (χ3v) is 5.08. The summed E-state index contributed by atoms with van der Waals surface area (Å²) in [6, 6.07) is 5.68. The lowest BCUT2D eigenvalue weighted by molar-refractivity contribution is -0.128. The van der Waals surface area contributed by atoms with E-state index in [1.807, 2.05) is 23.1 Å². The van der Waals surface area contributed by atoms with E-state index in [9.17, 15) is 4.79 Å². The lowest BCUT2D eigenvalue weighted by Gasteiger charge is -2.26. The second kappa shape index (κ2) is 6.95. The molecule has 122 valence electrons. The SMILES string of the molecule is COc1cccc(OC)c1C1SCC(=O)N1CCc1cnc[nH]1. The number of carbonyl (C=O) groups excluding carboxylic acids is 1. The molecule has 1 aromatic carbocycles. The molecule has 0 bridgehead atoms. The highest BCUT2D eigenvalue weighted by Crippen LogP contribution is 2.46. The van der Waals surface area contributed by atoms with Crippen LogP contribution >= 0.6 is 11.8 Å². The molecule has 1 aliphatic rings. The zero-order valence-corrected chi connectivity index (χ0v) is 13.9. The van der Waals surface area contributed by atoms with Crippen molar-refractivity contribution in [3.05, 3.63) is 42.0 Å². The van der Waals surface area contributed by atoms with Crippen molar-refractivity contribution in [2.45, 2.75) is 11.8 Å². The van der Waals surface area contributed by atoms with Crippen LogP contribution in [0.2, 0.25) is 0 Å². The molecule has 1 amide bonds. The maximum absolute atomic E-state index is 12.3. The first-order chi connectivity index (χ1) is 11.2. The number of ether oxygens (including phenoxy) is 2. The number of rotatable bonds is 6. The maximum atomic E-state index is 12.3. The topological polar surface area (TPSA) is 67.5 Å². The summed E-state index contributed by atoms with van der Waals surface area (Å²) >= 11 is 1.60. The first-order valence-corrected chi connectivity index (χ1v) is 8.38. The van der Waals surface area contributed by atoms with Crippen molar-refractivity contribution < 1.29 is 14.3 Å². The van der Waals surface area contributed by atoms with E-state index in [2.05, 4.69) is 9.97 Å². The highest BCUT2D eigenvalue weighted by Gasteiger charge is 2.36. The highest BCUT2D eigenvalue weighted by molar-refractivity contribution is 8.00. The second-order valence-corrected chi connectivity index (χ2v) is 6.22. The number of thioether (sulfide) groups is 1. The van der Waals surface area contributed by atoms with Gasteiger partial charge in [0, 0.05) is 24.9 Å². The van der Waals surface area contributed by atoms with Crippen LogP contribution in [0.15, 0.2) is 30.7 Å². The maximum Gasteiger partial charge on any atom is 0.233 e. The quantitative estimate of drug-likeness (QED) is 0.878. The molecule has 1 fully saturated rings. The van der Waals surface area contributed by atoms with Crippen molar-refractivity contribution in [3.63, 3.8) is 0 Å². The number of H-pyrrole nitrogens is 1. The van der Waals surface area contributed by atoms with Gasteiger partial charge >= 0.3 is 0 Å². The predicted molar refractivity (Wildman–Crippen MR) is 88.7 cm³/mol. The smallest absolute Gasteiger partial charge is 0.233 e. The third-order valence-electron chi connectivity index (χ3n) is 3.86. The Hall–Kier alpha value is -2.15. The Bertz CT molecular complexity index is 653. The Morgan fingerprint density at radius 2 is 2.09 bits per heavy atom. The zero-order valence-electron chi connectivity index (χ0n) is 13.1. The van der Waals surface area contributed by atoms with Crippen LogP contribution < -0.4 is 9.47 Å². The van der Waals surface area contributed by atoms with Gasteiger partial charge in [-0.05, 0) is 12.1 Å². The summed E-state index contributed by atoms with van der Waals surface area (Å²) in [6.07, 6.45) is 4.17. The van der Waals surface area contributed by atoms with Crippen LogP contribution in [0.25, 0.3) is 0 Å². The molecule has 2 heterocycles. The molecule has 1 aliphatic heterocycles. The standard InChI is InChI=1S/C16H19N3O3S/c1-21-12-4-3-5-13(22-2)15(12)16-19(14(20)9-23-16)7-6-11-8-17-10-18-11/h3-5,8,10,16H,6-7,9H2,1-2H3,(H,17,18). The number of nitrogens with zero attached hydrogens (tertiary/aromatic N) is 2. The number of benzene rings is 1. The number of imidazole rings is 1. The van der Waals surface area contributed by atoms with E-state index < -0.39 is 0 Å². The molecule has 1 unspecified atom stereocenters. The number of aromatic amines is 1. The average Bonchev–Trinajstić information content (AvgIpc) is 3.21. The fourth-order valence-electron chi connectivity index (χ4n) is 2.72. The Labute approximate surface area is 139 Å². The molecule has 0 spiro atoms. The lowest BCUT2D eigenvalue weighted by atomic mass is 10.1. The number of nitrogens with one attached hydrogen (secondary N) is 1. The van der Waals surface area contributed by atoms with Gasteiger partial charge in [-0.2, -0.15) is 0 Å². The van der Waals surface area contributed by atoms with E-state index in [0.717, 1.165) is 29.2 Å². The number of amides is 1. The Morgan fingerprint density at radius 1 is 1.35 bits per heavy atom. The van der Waals surface area contributed by atoms with Crippen molar-refractivity contribution in [2.75, 3.05) is 26.5 Å². The minimum atomic E-state index is -0.100. The minimum absolute atomic E-state index is 0.100. The fourth-order valence-corrected chi connectivity index (χ4v) is 3.99. The van der Waals surface area contributed by atoms with Crippen LogP contribution in [0, 0.1) is 0 Å². The van der Waals surface area contributed by atoms with Gasteiger partial charge in [-0.15, -0.1) is 11.8 Å². The summed E-state index contributed by atoms with van der Waals surface area (Å²) in [5, 5.41) is -0.100. The first kappa shape index (κ1) is 15.7. The molecule has 6 nitrogen and oxygen atoms in total. The number of aromatic nitrogens is 2. The summed E-state index contributed by atoms with van der Waals surface area (Å²) in [4.78, 5) is 21.3. The second-order valence-electron chi connectivity index (χ2n) is 5.15. The molecule has 3 rings (SSSR count). The Balaban J connectivity index is 1.87. The molecule has 1 aromatic heterocycles. The fraction of sp³-hybridized carbons (Fsp3) is 0.375. The molecule has 1 atom stereocenters. The van der Waals surface area contributed by atoms with Gasteiger partial charge < -0.3 is 19.4 Å². The molecule has 2 aromatic rings. The summed E-state index contributed by atoms with van der Waals surface area (Å²) < 4.78 is 11.0. The zero-order chi connectivity index (χ0) is 16.2. The number of hydrogen-bond donors (Lipinski definition) is 1. The van der Waals surface area contributed by atoms with E-state index in [0.29, 0.717) is 12.3 Å². The van der Waals surface area contributed by atoms with Gasteiger partial charge in [0.1, 0.15) is 16.9 Å². The van der Waals surface area contributed by atoms with Gasteiger partial charge in [0.05, 0.1) is 31.9 Å². The van der Waals surface area contributed by atoms with Crippen molar-refractivity contribution >= 4 is 17.7 Å². The molecular formula is C16H19N3O3S. The van der Waals surface area contributed by atoms with Crippen molar-refractivity contribution in [3.8, 4) is 11.5 Å². The molecule has 0 radical (unpaired) electrons. The molecular weight excluding hydrogens is 314 g/mol. The minimum Gasteiger partial charge on any atom is -0.496 e. The van der Waals surface area contributed by atoms with Crippen molar-refractivity contribution in [1.82, 2.24) is 14.9 Å². The monoisotopic (exact) mass is 333 g/mol. The van der Waals surface area contributed by atoms with Gasteiger partial charge in [-0.3, -0.25) is 4.79 Å². The summed E-state index contributed by atoms with van der Waals surface area (Å²) in [6.45, 7) is 0.625. The number of carbonyl (C=O) groups is 1. The van der Waals surface area contributed by atoms with Crippen LogP contribution in [0.4, 0.5) is 0 Å². The Morgan fingerprint density at radius 3 is 2.70 bits per heavy atom. The largest absolute Gasteiger partial charge is 0.496 e. The third kappa shape index (κ3) is 3.14.